The Morgan fingerprint density at radius 1 is 0.900 bits per heavy atom. The molecular formula is C17H15ClN2. The second-order valence-corrected chi connectivity index (χ2v) is 4.69. The van der Waals surface area contributed by atoms with Crippen LogP contribution in [0.1, 0.15) is 11.1 Å². The van der Waals surface area contributed by atoms with Gasteiger partial charge in [-0.15, -0.1) is 0 Å². The lowest BCUT2D eigenvalue weighted by Crippen LogP contribution is -2.07. The van der Waals surface area contributed by atoms with Gasteiger partial charge in [0.2, 0.25) is 0 Å². The molecule has 0 aliphatic heterocycles. The van der Waals surface area contributed by atoms with Gasteiger partial charge in [-0.2, -0.15) is 0 Å². The molecular weight excluding hydrogens is 268 g/mol. The highest BCUT2D eigenvalue weighted by atomic mass is 35.5. The minimum Gasteiger partial charge on any atom is -0.397 e. The van der Waals surface area contributed by atoms with Crippen molar-refractivity contribution >= 4 is 23.0 Å². The van der Waals surface area contributed by atoms with Crippen molar-refractivity contribution in [3.63, 3.8) is 0 Å². The van der Waals surface area contributed by atoms with Gasteiger partial charge >= 0.3 is 0 Å². The molecule has 0 aromatic heterocycles. The summed E-state index contributed by atoms with van der Waals surface area (Å²) in [6.45, 7) is 3.88. The molecule has 3 N–H and O–H groups in total. The van der Waals surface area contributed by atoms with Crippen LogP contribution < -0.4 is 5.73 Å². The van der Waals surface area contributed by atoms with Crippen LogP contribution in [-0.2, 0) is 0 Å². The van der Waals surface area contributed by atoms with E-state index in [-0.39, 0.29) is 5.71 Å². The van der Waals surface area contributed by atoms with Crippen LogP contribution in [0.5, 0.6) is 0 Å². The van der Waals surface area contributed by atoms with E-state index >= 15 is 0 Å². The molecule has 0 radical (unpaired) electrons. The van der Waals surface area contributed by atoms with Crippen LogP contribution in [0.25, 0.3) is 5.70 Å². The molecule has 0 aliphatic carbocycles. The van der Waals surface area contributed by atoms with E-state index < -0.39 is 0 Å². The molecule has 0 bridgehead atoms. The molecule has 0 atom stereocenters. The Balaban J connectivity index is 2.31. The second-order valence-electron chi connectivity index (χ2n) is 4.31. The zero-order chi connectivity index (χ0) is 14.5. The summed E-state index contributed by atoms with van der Waals surface area (Å²) in [5.74, 6) is 0. The van der Waals surface area contributed by atoms with Crippen LogP contribution in [0.4, 0.5) is 0 Å². The van der Waals surface area contributed by atoms with Gasteiger partial charge < -0.3 is 5.73 Å². The third-order valence-corrected chi connectivity index (χ3v) is 3.38. The molecule has 2 aromatic carbocycles. The van der Waals surface area contributed by atoms with E-state index in [1.165, 1.54) is 0 Å². The number of rotatable bonds is 4. The molecule has 2 nitrogen and oxygen atoms in total. The zero-order valence-corrected chi connectivity index (χ0v) is 11.7. The molecule has 0 unspecified atom stereocenters. The number of hydrogen-bond acceptors (Lipinski definition) is 2. The first-order valence-electron chi connectivity index (χ1n) is 6.15. The SMILES string of the molecule is C=C(C(=N)c1ccccc1)/C(Cl)=C(\N)c1ccccc1. The molecule has 2 aromatic rings. The summed E-state index contributed by atoms with van der Waals surface area (Å²) in [6.07, 6.45) is 0. The lowest BCUT2D eigenvalue weighted by Gasteiger charge is -2.10. The van der Waals surface area contributed by atoms with Crippen molar-refractivity contribution < 1.29 is 0 Å². The Morgan fingerprint density at radius 3 is 1.85 bits per heavy atom. The van der Waals surface area contributed by atoms with Crippen LogP contribution >= 0.6 is 11.6 Å². The van der Waals surface area contributed by atoms with Crippen LogP contribution in [0.15, 0.2) is 77.8 Å². The van der Waals surface area contributed by atoms with Crippen LogP contribution in [0.3, 0.4) is 0 Å². The molecule has 2 rings (SSSR count). The van der Waals surface area contributed by atoms with Crippen LogP contribution in [-0.4, -0.2) is 5.71 Å². The van der Waals surface area contributed by atoms with Crippen LogP contribution in [0.2, 0.25) is 0 Å². The lowest BCUT2D eigenvalue weighted by molar-refractivity contribution is 1.44. The average molecular weight is 283 g/mol. The molecule has 0 spiro atoms. The summed E-state index contributed by atoms with van der Waals surface area (Å²) in [5, 5.41) is 8.46. The normalized spacial score (nSPS) is 11.7. The van der Waals surface area contributed by atoms with Gasteiger partial charge in [0.05, 0.1) is 16.4 Å². The summed E-state index contributed by atoms with van der Waals surface area (Å²) in [6, 6.07) is 18.8. The maximum atomic E-state index is 8.15. The van der Waals surface area contributed by atoms with Crippen molar-refractivity contribution in [2.24, 2.45) is 5.73 Å². The standard InChI is InChI=1S/C17H15ClN2/c1-12(16(19)13-8-4-2-5-9-13)15(18)17(20)14-10-6-3-7-11-14/h2-11,19H,1,20H2/b17-15+,19-16?. The predicted octanol–water partition coefficient (Wildman–Crippen LogP) is 4.18. The third kappa shape index (κ3) is 2.98. The molecule has 0 amide bonds. The number of hydrogen-bond donors (Lipinski definition) is 2. The first-order chi connectivity index (χ1) is 9.61. The number of allylic oxidation sites excluding steroid dienone is 2. The van der Waals surface area contributed by atoms with E-state index in [9.17, 15) is 0 Å². The first-order valence-corrected chi connectivity index (χ1v) is 6.53. The first kappa shape index (κ1) is 14.1. The van der Waals surface area contributed by atoms with Crippen LogP contribution in [0, 0.1) is 5.41 Å². The lowest BCUT2D eigenvalue weighted by atomic mass is 10.0. The van der Waals surface area contributed by atoms with E-state index in [1.807, 2.05) is 60.7 Å². The van der Waals surface area contributed by atoms with E-state index in [0.717, 1.165) is 11.1 Å². The molecule has 0 heterocycles. The van der Waals surface area contributed by atoms with E-state index in [2.05, 4.69) is 6.58 Å². The zero-order valence-electron chi connectivity index (χ0n) is 10.9. The summed E-state index contributed by atoms with van der Waals surface area (Å²) in [4.78, 5) is 0. The monoisotopic (exact) mass is 282 g/mol. The van der Waals surface area contributed by atoms with E-state index in [0.29, 0.717) is 16.3 Å². The topological polar surface area (TPSA) is 49.9 Å². The van der Waals surface area contributed by atoms with Gasteiger partial charge in [-0.3, -0.25) is 5.41 Å². The molecule has 3 heteroatoms. The Morgan fingerprint density at radius 2 is 1.35 bits per heavy atom. The maximum absolute atomic E-state index is 8.15. The largest absolute Gasteiger partial charge is 0.397 e. The summed E-state index contributed by atoms with van der Waals surface area (Å²) in [5.41, 5.74) is 8.74. The smallest absolute Gasteiger partial charge is 0.0729 e. The van der Waals surface area contributed by atoms with Crippen molar-refractivity contribution in [3.8, 4) is 0 Å². The number of halogens is 1. The molecule has 0 saturated carbocycles. The highest BCUT2D eigenvalue weighted by Gasteiger charge is 2.12. The predicted molar refractivity (Wildman–Crippen MR) is 85.8 cm³/mol. The van der Waals surface area contributed by atoms with Gasteiger partial charge in [0.1, 0.15) is 0 Å². The van der Waals surface area contributed by atoms with Crippen molar-refractivity contribution in [2.45, 2.75) is 0 Å². The summed E-state index contributed by atoms with van der Waals surface area (Å²) < 4.78 is 0. The average Bonchev–Trinajstić information content (AvgIpc) is 2.53. The van der Waals surface area contributed by atoms with Crippen molar-refractivity contribution in [2.75, 3.05) is 0 Å². The van der Waals surface area contributed by atoms with Gasteiger partial charge in [0.15, 0.2) is 0 Å². The molecule has 0 saturated heterocycles. The molecule has 0 fully saturated rings. The summed E-state index contributed by atoms with van der Waals surface area (Å²) >= 11 is 6.28. The maximum Gasteiger partial charge on any atom is 0.0729 e. The fourth-order valence-corrected chi connectivity index (χ4v) is 2.00. The summed E-state index contributed by atoms with van der Waals surface area (Å²) in [7, 11) is 0. The van der Waals surface area contributed by atoms with Gasteiger partial charge in [0, 0.05) is 11.1 Å². The van der Waals surface area contributed by atoms with Gasteiger partial charge in [-0.05, 0) is 5.56 Å². The fraction of sp³-hybridized carbons (Fsp3) is 0. The van der Waals surface area contributed by atoms with E-state index in [4.69, 9.17) is 22.7 Å². The Labute approximate surface area is 123 Å². The van der Waals surface area contributed by atoms with E-state index in [1.54, 1.807) is 0 Å². The molecule has 0 aliphatic rings. The fourth-order valence-electron chi connectivity index (χ4n) is 1.80. The quantitative estimate of drug-likeness (QED) is 0.641. The minimum atomic E-state index is 0.273. The third-order valence-electron chi connectivity index (χ3n) is 2.95. The number of nitrogens with one attached hydrogen (secondary N) is 1. The Hall–Kier alpha value is -2.32. The Bertz CT molecular complexity index is 658. The highest BCUT2D eigenvalue weighted by Crippen LogP contribution is 2.24. The number of nitrogens with two attached hydrogens (primary N) is 1. The van der Waals surface area contributed by atoms with Gasteiger partial charge in [-0.1, -0.05) is 78.8 Å². The van der Waals surface area contributed by atoms with Gasteiger partial charge in [-0.25, -0.2) is 0 Å². The molecule has 100 valence electrons. The minimum absolute atomic E-state index is 0.273. The Kier molecular flexibility index (Phi) is 4.38. The van der Waals surface area contributed by atoms with Crippen molar-refractivity contribution in [1.82, 2.24) is 0 Å². The van der Waals surface area contributed by atoms with Crippen molar-refractivity contribution in [1.29, 1.82) is 5.41 Å². The highest BCUT2D eigenvalue weighted by molar-refractivity contribution is 6.39. The van der Waals surface area contributed by atoms with Crippen molar-refractivity contribution in [3.05, 3.63) is 89.0 Å². The molecule has 20 heavy (non-hydrogen) atoms. The van der Waals surface area contributed by atoms with Gasteiger partial charge in [0.25, 0.3) is 0 Å². The second kappa shape index (κ2) is 6.22. The number of benzene rings is 2.